The van der Waals surface area contributed by atoms with Gasteiger partial charge in [-0.1, -0.05) is 27.2 Å². The summed E-state index contributed by atoms with van der Waals surface area (Å²) in [5, 5.41) is 0. The van der Waals surface area contributed by atoms with E-state index in [0.717, 1.165) is 12.5 Å². The Kier molecular flexibility index (Phi) is 6.63. The molecule has 1 nitrogen and oxygen atoms in total. The second-order valence-electron chi connectivity index (χ2n) is 3.52. The molecule has 1 aliphatic heterocycles. The second-order valence-corrected chi connectivity index (χ2v) is 3.52. The number of hydrogen-bond acceptors (Lipinski definition) is 1. The largest absolute Gasteiger partial charge is 0.378 e. The lowest BCUT2D eigenvalue weighted by Gasteiger charge is -2.23. The fraction of sp³-hybridized carbons (Fsp3) is 1.00. The molecular weight excluding hydrogens is 136 g/mol. The molecule has 1 heteroatoms. The zero-order chi connectivity index (χ0) is 8.69. The van der Waals surface area contributed by atoms with Gasteiger partial charge in [0.2, 0.25) is 0 Å². The van der Waals surface area contributed by atoms with Crippen molar-refractivity contribution in [2.75, 3.05) is 6.61 Å². The summed E-state index contributed by atoms with van der Waals surface area (Å²) in [5.74, 6) is 0.888. The van der Waals surface area contributed by atoms with Crippen LogP contribution in [0.4, 0.5) is 0 Å². The number of rotatable bonds is 0. The van der Waals surface area contributed by atoms with E-state index in [9.17, 15) is 0 Å². The van der Waals surface area contributed by atoms with Crippen molar-refractivity contribution >= 4 is 0 Å². The van der Waals surface area contributed by atoms with Crippen molar-refractivity contribution in [1.82, 2.24) is 0 Å². The normalized spacial score (nSPS) is 30.5. The summed E-state index contributed by atoms with van der Waals surface area (Å²) < 4.78 is 5.35. The van der Waals surface area contributed by atoms with E-state index in [1.54, 1.807) is 0 Å². The highest BCUT2D eigenvalue weighted by Crippen LogP contribution is 2.18. The van der Waals surface area contributed by atoms with Crippen molar-refractivity contribution in [3.05, 3.63) is 0 Å². The molecule has 1 saturated heterocycles. The van der Waals surface area contributed by atoms with Crippen LogP contribution in [0.25, 0.3) is 0 Å². The zero-order valence-electron chi connectivity index (χ0n) is 8.39. The molecule has 0 aromatic heterocycles. The Balaban J connectivity index is 0.000000292. The first-order chi connectivity index (χ1) is 5.20. The van der Waals surface area contributed by atoms with Gasteiger partial charge in [0.25, 0.3) is 0 Å². The van der Waals surface area contributed by atoms with Gasteiger partial charge < -0.3 is 4.74 Å². The highest BCUT2D eigenvalue weighted by Gasteiger charge is 2.13. The minimum absolute atomic E-state index is 0.513. The van der Waals surface area contributed by atoms with E-state index >= 15 is 0 Å². The molecular formula is C10H22O. The molecule has 0 N–H and O–H groups in total. The van der Waals surface area contributed by atoms with Crippen LogP contribution < -0.4 is 0 Å². The average molecular weight is 158 g/mol. The quantitative estimate of drug-likeness (QED) is 0.526. The van der Waals surface area contributed by atoms with E-state index in [4.69, 9.17) is 4.74 Å². The second kappa shape index (κ2) is 6.66. The molecule has 1 fully saturated rings. The van der Waals surface area contributed by atoms with Crippen LogP contribution in [0.2, 0.25) is 0 Å². The molecule has 0 bridgehead atoms. The molecule has 11 heavy (non-hydrogen) atoms. The molecule has 2 atom stereocenters. The summed E-state index contributed by atoms with van der Waals surface area (Å²) in [7, 11) is 0. The Morgan fingerprint density at radius 1 is 1.27 bits per heavy atom. The van der Waals surface area contributed by atoms with Crippen molar-refractivity contribution in [3.63, 3.8) is 0 Å². The maximum absolute atomic E-state index is 5.35. The standard InChI is InChI=1S/C7H14O.C3H8/c1-6-3-4-8-7(2)5-6;1-3-2/h6-7H,3-5H2,1-2H3;3H2,1-2H3. The van der Waals surface area contributed by atoms with Gasteiger partial charge >= 0.3 is 0 Å². The molecule has 0 spiro atoms. The van der Waals surface area contributed by atoms with Gasteiger partial charge in [0.05, 0.1) is 6.10 Å². The van der Waals surface area contributed by atoms with E-state index < -0.39 is 0 Å². The molecule has 1 aliphatic rings. The number of hydrogen-bond donors (Lipinski definition) is 0. The van der Waals surface area contributed by atoms with Gasteiger partial charge in [-0.3, -0.25) is 0 Å². The van der Waals surface area contributed by atoms with Crippen LogP contribution in [0, 0.1) is 5.92 Å². The van der Waals surface area contributed by atoms with E-state index in [2.05, 4.69) is 27.7 Å². The summed E-state index contributed by atoms with van der Waals surface area (Å²) in [4.78, 5) is 0. The van der Waals surface area contributed by atoms with E-state index in [0.29, 0.717) is 6.10 Å². The van der Waals surface area contributed by atoms with Crippen molar-refractivity contribution in [3.8, 4) is 0 Å². The predicted octanol–water partition coefficient (Wildman–Crippen LogP) is 3.24. The SMILES string of the molecule is CC1CCOC(C)C1.CCC. The highest BCUT2D eigenvalue weighted by molar-refractivity contribution is 4.63. The highest BCUT2D eigenvalue weighted by atomic mass is 16.5. The number of ether oxygens (including phenoxy) is 1. The third-order valence-corrected chi connectivity index (χ3v) is 1.75. The lowest BCUT2D eigenvalue weighted by molar-refractivity contribution is 0.00682. The van der Waals surface area contributed by atoms with Gasteiger partial charge in [0.15, 0.2) is 0 Å². The van der Waals surface area contributed by atoms with E-state index in [1.807, 2.05) is 0 Å². The van der Waals surface area contributed by atoms with Crippen molar-refractivity contribution < 1.29 is 4.74 Å². The summed E-state index contributed by atoms with van der Waals surface area (Å²) in [5.41, 5.74) is 0. The van der Waals surface area contributed by atoms with Crippen molar-refractivity contribution in [2.45, 2.75) is 53.1 Å². The van der Waals surface area contributed by atoms with Gasteiger partial charge in [0, 0.05) is 6.61 Å². The fourth-order valence-electron chi connectivity index (χ4n) is 1.22. The Hall–Kier alpha value is -0.0400. The van der Waals surface area contributed by atoms with Crippen LogP contribution >= 0.6 is 0 Å². The van der Waals surface area contributed by atoms with Crippen LogP contribution in [0.3, 0.4) is 0 Å². The zero-order valence-corrected chi connectivity index (χ0v) is 8.39. The van der Waals surface area contributed by atoms with Crippen LogP contribution in [-0.2, 0) is 4.74 Å². The first-order valence-corrected chi connectivity index (χ1v) is 4.82. The molecule has 0 aliphatic carbocycles. The molecule has 0 aromatic carbocycles. The first kappa shape index (κ1) is 11.0. The van der Waals surface area contributed by atoms with Gasteiger partial charge in [-0.2, -0.15) is 0 Å². The van der Waals surface area contributed by atoms with E-state index in [1.165, 1.54) is 19.3 Å². The average Bonchev–Trinajstić information content (AvgIpc) is 1.88. The maximum atomic E-state index is 5.35. The molecule has 0 aromatic rings. The molecule has 1 rings (SSSR count). The molecule has 1 heterocycles. The summed E-state index contributed by atoms with van der Waals surface area (Å²) in [6.07, 6.45) is 4.27. The monoisotopic (exact) mass is 158 g/mol. The topological polar surface area (TPSA) is 9.23 Å². The predicted molar refractivity (Wildman–Crippen MR) is 49.8 cm³/mol. The van der Waals surface area contributed by atoms with Gasteiger partial charge in [0.1, 0.15) is 0 Å². The van der Waals surface area contributed by atoms with Crippen molar-refractivity contribution in [1.29, 1.82) is 0 Å². The van der Waals surface area contributed by atoms with Gasteiger partial charge in [-0.05, 0) is 25.7 Å². The summed E-state index contributed by atoms with van der Waals surface area (Å²) >= 11 is 0. The Labute approximate surface area is 71.1 Å². The molecule has 0 amide bonds. The van der Waals surface area contributed by atoms with Crippen molar-refractivity contribution in [2.24, 2.45) is 5.92 Å². The third kappa shape index (κ3) is 6.36. The van der Waals surface area contributed by atoms with Crippen LogP contribution in [0.5, 0.6) is 0 Å². The Morgan fingerprint density at radius 2 is 1.82 bits per heavy atom. The lowest BCUT2D eigenvalue weighted by Crippen LogP contribution is -2.20. The Morgan fingerprint density at radius 3 is 2.09 bits per heavy atom. The van der Waals surface area contributed by atoms with Crippen LogP contribution in [0.15, 0.2) is 0 Å². The van der Waals surface area contributed by atoms with E-state index in [-0.39, 0.29) is 0 Å². The molecule has 0 radical (unpaired) electrons. The third-order valence-electron chi connectivity index (χ3n) is 1.75. The minimum Gasteiger partial charge on any atom is -0.378 e. The van der Waals surface area contributed by atoms with Gasteiger partial charge in [-0.15, -0.1) is 0 Å². The molecule has 2 unspecified atom stereocenters. The molecule has 0 saturated carbocycles. The fourth-order valence-corrected chi connectivity index (χ4v) is 1.22. The summed E-state index contributed by atoms with van der Waals surface area (Å²) in [6.45, 7) is 9.66. The summed E-state index contributed by atoms with van der Waals surface area (Å²) in [6, 6.07) is 0. The molecule has 68 valence electrons. The minimum atomic E-state index is 0.513. The smallest absolute Gasteiger partial charge is 0.0549 e. The Bertz CT molecular complexity index is 72.9. The lowest BCUT2D eigenvalue weighted by atomic mass is 9.99. The maximum Gasteiger partial charge on any atom is 0.0549 e. The van der Waals surface area contributed by atoms with Crippen LogP contribution in [-0.4, -0.2) is 12.7 Å². The van der Waals surface area contributed by atoms with Crippen LogP contribution in [0.1, 0.15) is 47.0 Å². The van der Waals surface area contributed by atoms with Gasteiger partial charge in [-0.25, -0.2) is 0 Å². The first-order valence-electron chi connectivity index (χ1n) is 4.82.